The number of likely N-dealkylation sites (tertiary alicyclic amines) is 1. The number of benzene rings is 1. The van der Waals surface area contributed by atoms with Crippen molar-refractivity contribution in [1.82, 2.24) is 9.88 Å². The number of fused-ring (bicyclic) bond motifs is 1. The third kappa shape index (κ3) is 3.44. The van der Waals surface area contributed by atoms with Gasteiger partial charge in [0, 0.05) is 36.2 Å². The highest BCUT2D eigenvalue weighted by molar-refractivity contribution is 6.31. The molecule has 0 N–H and O–H groups in total. The van der Waals surface area contributed by atoms with Crippen LogP contribution in [0.25, 0.3) is 10.9 Å². The number of anilines is 1. The average molecular weight is 355 g/mol. The van der Waals surface area contributed by atoms with Gasteiger partial charge in [-0.05, 0) is 62.9 Å². The summed E-state index contributed by atoms with van der Waals surface area (Å²) in [6.07, 6.45) is 6.78. The SMILES string of the molecule is N#Cc1cnc2ccc(Cl)cc2c1N1CCC(CN2CCCC2)CC1. The molecule has 2 aliphatic rings. The number of piperidine rings is 1. The van der Waals surface area contributed by atoms with Crippen LogP contribution in [0, 0.1) is 17.2 Å². The summed E-state index contributed by atoms with van der Waals surface area (Å²) < 4.78 is 0. The van der Waals surface area contributed by atoms with Crippen molar-refractivity contribution in [3.63, 3.8) is 0 Å². The van der Waals surface area contributed by atoms with E-state index in [4.69, 9.17) is 11.6 Å². The molecule has 4 rings (SSSR count). The summed E-state index contributed by atoms with van der Waals surface area (Å²) in [7, 11) is 0. The predicted octanol–water partition coefficient (Wildman–Crippen LogP) is 4.07. The lowest BCUT2D eigenvalue weighted by Crippen LogP contribution is -2.38. The molecule has 2 saturated heterocycles. The fourth-order valence-electron chi connectivity index (χ4n) is 4.24. The molecule has 3 heterocycles. The Morgan fingerprint density at radius 3 is 2.64 bits per heavy atom. The molecular weight excluding hydrogens is 332 g/mol. The zero-order chi connectivity index (χ0) is 17.2. The molecule has 0 radical (unpaired) electrons. The Hall–Kier alpha value is -1.83. The second-order valence-electron chi connectivity index (χ2n) is 7.23. The van der Waals surface area contributed by atoms with Gasteiger partial charge in [-0.2, -0.15) is 5.26 Å². The Kier molecular flexibility index (Phi) is 4.78. The molecule has 1 aromatic carbocycles. The van der Waals surface area contributed by atoms with E-state index < -0.39 is 0 Å². The number of aromatic nitrogens is 1. The fourth-order valence-corrected chi connectivity index (χ4v) is 4.41. The molecule has 1 aromatic heterocycles. The predicted molar refractivity (Wildman–Crippen MR) is 102 cm³/mol. The van der Waals surface area contributed by atoms with Gasteiger partial charge in [-0.15, -0.1) is 0 Å². The van der Waals surface area contributed by atoms with Crippen molar-refractivity contribution < 1.29 is 0 Å². The summed E-state index contributed by atoms with van der Waals surface area (Å²) in [4.78, 5) is 9.39. The summed E-state index contributed by atoms with van der Waals surface area (Å²) in [5.74, 6) is 0.775. The zero-order valence-electron chi connectivity index (χ0n) is 14.4. The summed E-state index contributed by atoms with van der Waals surface area (Å²) in [5.41, 5.74) is 2.56. The van der Waals surface area contributed by atoms with Crippen molar-refractivity contribution in [3.8, 4) is 6.07 Å². The molecule has 4 nitrogen and oxygen atoms in total. The number of nitrogens with zero attached hydrogens (tertiary/aromatic N) is 4. The highest BCUT2D eigenvalue weighted by atomic mass is 35.5. The second kappa shape index (κ2) is 7.19. The van der Waals surface area contributed by atoms with E-state index in [1.807, 2.05) is 18.2 Å². The highest BCUT2D eigenvalue weighted by Crippen LogP contribution is 2.34. The third-order valence-electron chi connectivity index (χ3n) is 5.57. The monoisotopic (exact) mass is 354 g/mol. The van der Waals surface area contributed by atoms with Crippen LogP contribution in [0.2, 0.25) is 5.02 Å². The molecular formula is C20H23ClN4. The molecule has 25 heavy (non-hydrogen) atoms. The van der Waals surface area contributed by atoms with Gasteiger partial charge >= 0.3 is 0 Å². The minimum atomic E-state index is 0.646. The van der Waals surface area contributed by atoms with Crippen molar-refractivity contribution in [1.29, 1.82) is 5.26 Å². The number of rotatable bonds is 3. The number of hydrogen-bond donors (Lipinski definition) is 0. The topological polar surface area (TPSA) is 43.2 Å². The Balaban J connectivity index is 1.56. The largest absolute Gasteiger partial charge is 0.370 e. The van der Waals surface area contributed by atoms with Crippen molar-refractivity contribution in [3.05, 3.63) is 35.0 Å². The van der Waals surface area contributed by atoms with Gasteiger partial charge in [0.15, 0.2) is 0 Å². The quantitative estimate of drug-likeness (QED) is 0.833. The molecule has 5 heteroatoms. The lowest BCUT2D eigenvalue weighted by molar-refractivity contribution is 0.249. The van der Waals surface area contributed by atoms with E-state index in [2.05, 4.69) is 20.9 Å². The molecule has 0 amide bonds. The average Bonchev–Trinajstić information content (AvgIpc) is 3.14. The van der Waals surface area contributed by atoms with Crippen LogP contribution in [0.1, 0.15) is 31.2 Å². The van der Waals surface area contributed by atoms with E-state index in [1.165, 1.54) is 45.3 Å². The first kappa shape index (κ1) is 16.6. The molecule has 0 spiro atoms. The molecule has 2 aliphatic heterocycles. The standard InChI is InChI=1S/C20H23ClN4/c21-17-3-4-19-18(11-17)20(16(12-22)13-23-19)25-9-5-15(6-10-25)14-24-7-1-2-8-24/h3-4,11,13,15H,1-2,5-10,14H2. The maximum absolute atomic E-state index is 9.56. The lowest BCUT2D eigenvalue weighted by Gasteiger charge is -2.36. The van der Waals surface area contributed by atoms with E-state index in [0.29, 0.717) is 10.6 Å². The Labute approximate surface area is 154 Å². The van der Waals surface area contributed by atoms with Crippen LogP contribution in [-0.2, 0) is 0 Å². The number of nitriles is 1. The third-order valence-corrected chi connectivity index (χ3v) is 5.80. The van der Waals surface area contributed by atoms with Crippen molar-refractivity contribution in [2.24, 2.45) is 5.92 Å². The summed E-state index contributed by atoms with van der Waals surface area (Å²) >= 11 is 6.21. The summed E-state index contributed by atoms with van der Waals surface area (Å²) in [5, 5.41) is 11.2. The van der Waals surface area contributed by atoms with Crippen LogP contribution >= 0.6 is 11.6 Å². The van der Waals surface area contributed by atoms with Crippen LogP contribution in [-0.4, -0.2) is 42.6 Å². The van der Waals surface area contributed by atoms with Gasteiger partial charge in [0.05, 0.1) is 16.8 Å². The van der Waals surface area contributed by atoms with Gasteiger partial charge in [0.25, 0.3) is 0 Å². The Morgan fingerprint density at radius 1 is 1.16 bits per heavy atom. The molecule has 0 unspecified atom stereocenters. The minimum absolute atomic E-state index is 0.646. The van der Waals surface area contributed by atoms with Crippen LogP contribution in [0.3, 0.4) is 0 Å². The van der Waals surface area contributed by atoms with Gasteiger partial charge in [-0.25, -0.2) is 0 Å². The van der Waals surface area contributed by atoms with Crippen molar-refractivity contribution in [2.75, 3.05) is 37.6 Å². The fraction of sp³-hybridized carbons (Fsp3) is 0.500. The number of hydrogen-bond acceptors (Lipinski definition) is 4. The molecule has 0 aliphatic carbocycles. The maximum atomic E-state index is 9.56. The van der Waals surface area contributed by atoms with E-state index in [9.17, 15) is 5.26 Å². The molecule has 0 bridgehead atoms. The first-order valence-corrected chi connectivity index (χ1v) is 9.58. The molecule has 0 saturated carbocycles. The Bertz CT molecular complexity index is 799. The second-order valence-corrected chi connectivity index (χ2v) is 7.67. The minimum Gasteiger partial charge on any atom is -0.370 e. The van der Waals surface area contributed by atoms with Gasteiger partial charge in [-0.1, -0.05) is 11.6 Å². The van der Waals surface area contributed by atoms with E-state index >= 15 is 0 Å². The molecule has 0 atom stereocenters. The maximum Gasteiger partial charge on any atom is 0.103 e. The van der Waals surface area contributed by atoms with E-state index in [0.717, 1.165) is 35.6 Å². The lowest BCUT2D eigenvalue weighted by atomic mass is 9.95. The smallest absolute Gasteiger partial charge is 0.103 e. The van der Waals surface area contributed by atoms with Crippen LogP contribution in [0.15, 0.2) is 24.4 Å². The van der Waals surface area contributed by atoms with E-state index in [-0.39, 0.29) is 0 Å². The van der Waals surface area contributed by atoms with Crippen LogP contribution in [0.4, 0.5) is 5.69 Å². The van der Waals surface area contributed by atoms with Crippen molar-refractivity contribution >= 4 is 28.2 Å². The number of pyridine rings is 1. The van der Waals surface area contributed by atoms with Crippen LogP contribution in [0.5, 0.6) is 0 Å². The molecule has 130 valence electrons. The molecule has 2 fully saturated rings. The first-order chi connectivity index (χ1) is 12.2. The van der Waals surface area contributed by atoms with Crippen molar-refractivity contribution in [2.45, 2.75) is 25.7 Å². The van der Waals surface area contributed by atoms with Gasteiger partial charge in [0.2, 0.25) is 0 Å². The van der Waals surface area contributed by atoms with Crippen LogP contribution < -0.4 is 4.90 Å². The van der Waals surface area contributed by atoms with Gasteiger partial charge < -0.3 is 9.80 Å². The highest BCUT2D eigenvalue weighted by Gasteiger charge is 2.25. The summed E-state index contributed by atoms with van der Waals surface area (Å²) in [6, 6.07) is 8.05. The van der Waals surface area contributed by atoms with Gasteiger partial charge in [0.1, 0.15) is 6.07 Å². The normalized spacial score (nSPS) is 19.4. The number of halogens is 1. The van der Waals surface area contributed by atoms with E-state index in [1.54, 1.807) is 6.20 Å². The first-order valence-electron chi connectivity index (χ1n) is 9.20. The van der Waals surface area contributed by atoms with Gasteiger partial charge in [-0.3, -0.25) is 4.98 Å². The molecule has 2 aromatic rings. The zero-order valence-corrected chi connectivity index (χ0v) is 15.2. The summed E-state index contributed by atoms with van der Waals surface area (Å²) in [6.45, 7) is 5.78. The Morgan fingerprint density at radius 2 is 1.92 bits per heavy atom.